The van der Waals surface area contributed by atoms with Crippen LogP contribution in [0, 0.1) is 23.5 Å². The Morgan fingerprint density at radius 3 is 1.25 bits per heavy atom. The predicted octanol–water partition coefficient (Wildman–Crippen LogP) is 14.6. The Bertz CT molecular complexity index is 1500. The lowest BCUT2D eigenvalue weighted by atomic mass is 9.77. The molecule has 0 saturated heterocycles. The van der Waals surface area contributed by atoms with Crippen molar-refractivity contribution >= 4 is 0 Å². The van der Waals surface area contributed by atoms with Gasteiger partial charge < -0.3 is 4.74 Å². The summed E-state index contributed by atoms with van der Waals surface area (Å²) in [6.45, 7) is 4.56. The zero-order valence-corrected chi connectivity index (χ0v) is 31.3. The van der Waals surface area contributed by atoms with E-state index in [0.29, 0.717) is 36.2 Å². The zero-order chi connectivity index (χ0) is 35.4. The molecule has 0 heterocycles. The van der Waals surface area contributed by atoms with Crippen molar-refractivity contribution in [2.45, 2.75) is 141 Å². The molecule has 272 valence electrons. The fourth-order valence-electron chi connectivity index (χ4n) is 8.88. The van der Waals surface area contributed by atoms with Crippen LogP contribution in [0.2, 0.25) is 0 Å². The molecule has 0 aliphatic heterocycles. The van der Waals surface area contributed by atoms with Gasteiger partial charge in [0.2, 0.25) is 0 Å². The van der Waals surface area contributed by atoms with Gasteiger partial charge in [0.1, 0.15) is 23.1 Å². The number of unbranched alkanes of at least 4 members (excludes halogenated alkanes) is 4. The van der Waals surface area contributed by atoms with E-state index in [4.69, 9.17) is 4.74 Å². The summed E-state index contributed by atoms with van der Waals surface area (Å²) in [7, 11) is 0. The smallest absolute Gasteiger partial charge is 0.131 e. The van der Waals surface area contributed by atoms with E-state index in [1.807, 2.05) is 0 Å². The lowest BCUT2D eigenvalue weighted by Gasteiger charge is -2.29. The Hall–Kier alpha value is -3.46. The van der Waals surface area contributed by atoms with Gasteiger partial charge in [-0.15, -0.1) is 0 Å². The Morgan fingerprint density at radius 2 is 0.882 bits per heavy atom. The molecule has 0 radical (unpaired) electrons. The quantitative estimate of drug-likeness (QED) is 0.106. The lowest BCUT2D eigenvalue weighted by molar-refractivity contribution is 0.303. The van der Waals surface area contributed by atoms with E-state index < -0.39 is 0 Å². The number of benzene rings is 4. The summed E-state index contributed by atoms with van der Waals surface area (Å²) in [4.78, 5) is 0. The van der Waals surface area contributed by atoms with Gasteiger partial charge in [0.05, 0.1) is 0 Å². The molecule has 2 aliphatic rings. The number of hydrogen-bond donors (Lipinski definition) is 0. The van der Waals surface area contributed by atoms with E-state index in [1.54, 1.807) is 24.3 Å². The molecule has 3 heteroatoms. The van der Waals surface area contributed by atoms with Crippen LogP contribution in [0.1, 0.15) is 162 Å². The molecule has 4 aromatic rings. The van der Waals surface area contributed by atoms with Gasteiger partial charge >= 0.3 is 0 Å². The Kier molecular flexibility index (Phi) is 13.8. The lowest BCUT2D eigenvalue weighted by Crippen LogP contribution is -2.13. The number of rotatable bonds is 16. The standard InChI is InChI=1S/C48H60F2O/c1-3-5-7-9-35-11-19-39(20-12-35)41-23-15-37(16-24-41)31-43-33-45(49)27-29-47(43)51-48-30-28-46(50)34-44(48)32-38-17-25-42(26-18-38)40-21-13-36(14-22-40)10-8-6-4-2/h15-18,23-30,33-36,39-40H,3-14,19-22,31-32H2,1-2H3/t35-,36-,39-,40-. The maximum atomic E-state index is 14.6. The van der Waals surface area contributed by atoms with E-state index >= 15 is 0 Å². The van der Waals surface area contributed by atoms with Gasteiger partial charge in [0.25, 0.3) is 0 Å². The van der Waals surface area contributed by atoms with E-state index in [9.17, 15) is 8.78 Å². The minimum absolute atomic E-state index is 0.283. The molecule has 0 N–H and O–H groups in total. The Morgan fingerprint density at radius 1 is 0.490 bits per heavy atom. The summed E-state index contributed by atoms with van der Waals surface area (Å²) >= 11 is 0. The van der Waals surface area contributed by atoms with E-state index in [1.165, 1.54) is 126 Å². The second-order valence-corrected chi connectivity index (χ2v) is 15.9. The minimum atomic E-state index is -0.283. The van der Waals surface area contributed by atoms with Crippen LogP contribution in [0.5, 0.6) is 11.5 Å². The van der Waals surface area contributed by atoms with Crippen LogP contribution in [-0.2, 0) is 12.8 Å². The van der Waals surface area contributed by atoms with Gasteiger partial charge in [-0.3, -0.25) is 0 Å². The monoisotopic (exact) mass is 690 g/mol. The van der Waals surface area contributed by atoms with Crippen molar-refractivity contribution in [1.82, 2.24) is 0 Å². The first-order valence-corrected chi connectivity index (χ1v) is 20.4. The molecule has 4 aromatic carbocycles. The molecule has 2 aliphatic carbocycles. The highest BCUT2D eigenvalue weighted by Gasteiger charge is 2.23. The normalized spacial score (nSPS) is 20.7. The average molecular weight is 691 g/mol. The third kappa shape index (κ3) is 10.8. The molecule has 0 aromatic heterocycles. The fourth-order valence-corrected chi connectivity index (χ4v) is 8.88. The van der Waals surface area contributed by atoms with Crippen LogP contribution in [0.25, 0.3) is 0 Å². The van der Waals surface area contributed by atoms with Crippen molar-refractivity contribution in [1.29, 1.82) is 0 Å². The van der Waals surface area contributed by atoms with Crippen LogP contribution in [0.4, 0.5) is 8.78 Å². The molecule has 2 fully saturated rings. The third-order valence-corrected chi connectivity index (χ3v) is 12.1. The van der Waals surface area contributed by atoms with Crippen molar-refractivity contribution in [3.8, 4) is 11.5 Å². The van der Waals surface area contributed by atoms with Crippen LogP contribution < -0.4 is 4.74 Å². The van der Waals surface area contributed by atoms with Gasteiger partial charge in [-0.25, -0.2) is 8.78 Å². The van der Waals surface area contributed by atoms with Crippen LogP contribution in [-0.4, -0.2) is 0 Å². The zero-order valence-electron chi connectivity index (χ0n) is 31.3. The Labute approximate surface area is 307 Å². The highest BCUT2D eigenvalue weighted by Crippen LogP contribution is 2.40. The molecule has 0 spiro atoms. The highest BCUT2D eigenvalue weighted by atomic mass is 19.1. The van der Waals surface area contributed by atoms with Crippen molar-refractivity contribution in [2.75, 3.05) is 0 Å². The molecule has 0 unspecified atom stereocenters. The SMILES string of the molecule is CCCCC[C@H]1CC[C@H](c2ccc(Cc3cc(F)ccc3Oc3ccc(F)cc3Cc3ccc([C@H]4CC[C@H](CCCCC)CC4)cc3)cc2)CC1. The molecule has 1 nitrogen and oxygen atoms in total. The first kappa shape index (κ1) is 37.3. The summed E-state index contributed by atoms with van der Waals surface area (Å²) in [5.74, 6) is 3.74. The first-order valence-electron chi connectivity index (χ1n) is 20.4. The number of halogens is 2. The molecule has 0 amide bonds. The van der Waals surface area contributed by atoms with Gasteiger partial charge in [-0.2, -0.15) is 0 Å². The van der Waals surface area contributed by atoms with Crippen LogP contribution >= 0.6 is 0 Å². The summed E-state index contributed by atoms with van der Waals surface area (Å²) in [5.41, 5.74) is 6.69. The number of hydrogen-bond acceptors (Lipinski definition) is 1. The first-order chi connectivity index (χ1) is 25.0. The second kappa shape index (κ2) is 18.9. The average Bonchev–Trinajstić information content (AvgIpc) is 3.15. The van der Waals surface area contributed by atoms with E-state index in [2.05, 4.69) is 62.4 Å². The molecule has 51 heavy (non-hydrogen) atoms. The van der Waals surface area contributed by atoms with E-state index in [0.717, 1.165) is 34.1 Å². The fraction of sp³-hybridized carbons (Fsp3) is 0.500. The summed E-state index contributed by atoms with van der Waals surface area (Å²) < 4.78 is 35.7. The second-order valence-electron chi connectivity index (χ2n) is 15.9. The van der Waals surface area contributed by atoms with Gasteiger partial charge in [0, 0.05) is 24.0 Å². The highest BCUT2D eigenvalue weighted by molar-refractivity contribution is 5.45. The van der Waals surface area contributed by atoms with E-state index in [-0.39, 0.29) is 11.6 Å². The molecule has 0 bridgehead atoms. The largest absolute Gasteiger partial charge is 0.457 e. The molecular weight excluding hydrogens is 631 g/mol. The van der Waals surface area contributed by atoms with Crippen molar-refractivity contribution < 1.29 is 13.5 Å². The summed E-state index contributed by atoms with van der Waals surface area (Å²) in [6, 6.07) is 27.4. The summed E-state index contributed by atoms with van der Waals surface area (Å²) in [6.07, 6.45) is 22.5. The topological polar surface area (TPSA) is 9.23 Å². The van der Waals surface area contributed by atoms with Gasteiger partial charge in [0.15, 0.2) is 0 Å². The third-order valence-electron chi connectivity index (χ3n) is 12.1. The van der Waals surface area contributed by atoms with Crippen molar-refractivity contribution in [3.63, 3.8) is 0 Å². The van der Waals surface area contributed by atoms with Crippen molar-refractivity contribution in [3.05, 3.63) is 130 Å². The maximum Gasteiger partial charge on any atom is 0.131 e. The maximum absolute atomic E-state index is 14.6. The molecule has 6 rings (SSSR count). The molecular formula is C48H60F2O. The Balaban J connectivity index is 1.08. The summed E-state index contributed by atoms with van der Waals surface area (Å²) in [5, 5.41) is 0. The minimum Gasteiger partial charge on any atom is -0.457 e. The van der Waals surface area contributed by atoms with Gasteiger partial charge in [-0.05, 0) is 134 Å². The van der Waals surface area contributed by atoms with Crippen LogP contribution in [0.3, 0.4) is 0 Å². The predicted molar refractivity (Wildman–Crippen MR) is 209 cm³/mol. The number of ether oxygens (including phenoxy) is 1. The van der Waals surface area contributed by atoms with Gasteiger partial charge in [-0.1, -0.05) is 114 Å². The van der Waals surface area contributed by atoms with Crippen LogP contribution in [0.15, 0.2) is 84.9 Å². The molecule has 2 saturated carbocycles. The molecule has 0 atom stereocenters. The van der Waals surface area contributed by atoms with Crippen molar-refractivity contribution in [2.24, 2.45) is 11.8 Å².